The monoisotopic (exact) mass is 172 g/mol. The Labute approximate surface area is 72.5 Å². The van der Waals surface area contributed by atoms with Crippen LogP contribution in [-0.4, -0.2) is 39.1 Å². The van der Waals surface area contributed by atoms with E-state index in [4.69, 9.17) is 27.2 Å². The molecule has 0 spiro atoms. The van der Waals surface area contributed by atoms with E-state index >= 15 is 0 Å². The Morgan fingerprint density at radius 3 is 1.50 bits per heavy atom. The van der Waals surface area contributed by atoms with E-state index in [0.29, 0.717) is 13.1 Å². The molecule has 6 heteroatoms. The van der Waals surface area contributed by atoms with E-state index in [2.05, 4.69) is 0 Å². The molecule has 0 fully saturated rings. The fourth-order valence-corrected chi connectivity index (χ4v) is 1.99. The number of hydrogen-bond donors (Lipinski definition) is 2. The molecule has 0 aliphatic heterocycles. The standard InChI is InChI=1S/C4H10B2N2S2/c5-3(1-7)9-10-4(6)2-8/h3-4H,1-2,7-8H2. The van der Waals surface area contributed by atoms with Crippen LogP contribution in [-0.2, 0) is 0 Å². The molecule has 10 heavy (non-hydrogen) atoms. The predicted octanol–water partition coefficient (Wildman–Crippen LogP) is -0.726. The summed E-state index contributed by atoms with van der Waals surface area (Å²) in [4.78, 5) is 0. The summed E-state index contributed by atoms with van der Waals surface area (Å²) in [6, 6.07) is 0. The first-order chi connectivity index (χ1) is 4.70. The Bertz CT molecular complexity index is 75.7. The number of rotatable bonds is 5. The van der Waals surface area contributed by atoms with Crippen molar-refractivity contribution in [3.8, 4) is 0 Å². The van der Waals surface area contributed by atoms with Crippen molar-refractivity contribution in [2.24, 2.45) is 11.5 Å². The molecule has 0 aromatic carbocycles. The van der Waals surface area contributed by atoms with Gasteiger partial charge >= 0.3 is 0 Å². The summed E-state index contributed by atoms with van der Waals surface area (Å²) in [7, 11) is 13.9. The van der Waals surface area contributed by atoms with Crippen molar-refractivity contribution in [3.63, 3.8) is 0 Å². The fourth-order valence-electron chi connectivity index (χ4n) is 0.221. The Kier molecular flexibility index (Phi) is 6.94. The van der Waals surface area contributed by atoms with Gasteiger partial charge in [0.1, 0.15) is 0 Å². The highest BCUT2D eigenvalue weighted by Crippen LogP contribution is 2.27. The molecule has 2 unspecified atom stereocenters. The summed E-state index contributed by atoms with van der Waals surface area (Å²) in [5, 5.41) is -0.0785. The van der Waals surface area contributed by atoms with Crippen LogP contribution in [0.4, 0.5) is 0 Å². The second-order valence-corrected chi connectivity index (χ2v) is 4.49. The molecule has 0 heterocycles. The first kappa shape index (κ1) is 10.7. The second-order valence-electron chi connectivity index (χ2n) is 1.74. The van der Waals surface area contributed by atoms with Gasteiger partial charge in [0.25, 0.3) is 0 Å². The SMILES string of the molecule is [B]C(CN)SSC([B])CN. The zero-order valence-electron chi connectivity index (χ0n) is 5.69. The molecule has 0 rings (SSSR count). The van der Waals surface area contributed by atoms with Gasteiger partial charge in [-0.05, 0) is 23.4 Å². The Hall–Kier alpha value is 0.750. The molecule has 2 nitrogen and oxygen atoms in total. The summed E-state index contributed by atoms with van der Waals surface area (Å²) in [6.07, 6.45) is 0. The highest BCUT2D eigenvalue weighted by atomic mass is 33.1. The molecule has 0 saturated heterocycles. The third-order valence-electron chi connectivity index (χ3n) is 0.767. The zero-order chi connectivity index (χ0) is 7.98. The molecule has 0 saturated carbocycles. The van der Waals surface area contributed by atoms with E-state index < -0.39 is 0 Å². The largest absolute Gasteiger partial charge is 0.330 e. The summed E-state index contributed by atoms with van der Waals surface area (Å²) in [5.41, 5.74) is 10.5. The van der Waals surface area contributed by atoms with E-state index in [1.54, 1.807) is 0 Å². The van der Waals surface area contributed by atoms with Crippen LogP contribution in [0.5, 0.6) is 0 Å². The second kappa shape index (κ2) is 6.46. The molecular weight excluding hydrogens is 162 g/mol. The van der Waals surface area contributed by atoms with Crippen molar-refractivity contribution < 1.29 is 0 Å². The average molecular weight is 172 g/mol. The molecule has 0 aromatic rings. The minimum atomic E-state index is -0.0393. The minimum Gasteiger partial charge on any atom is -0.330 e. The van der Waals surface area contributed by atoms with Crippen molar-refractivity contribution in [2.75, 3.05) is 13.1 Å². The highest BCUT2D eigenvalue weighted by molar-refractivity contribution is 8.77. The van der Waals surface area contributed by atoms with Gasteiger partial charge in [0.05, 0.1) is 15.7 Å². The summed E-state index contributed by atoms with van der Waals surface area (Å²) in [5.74, 6) is 0. The minimum absolute atomic E-state index is 0.0393. The lowest BCUT2D eigenvalue weighted by Gasteiger charge is -2.11. The van der Waals surface area contributed by atoms with Gasteiger partial charge in [0.2, 0.25) is 0 Å². The molecule has 2 atom stereocenters. The van der Waals surface area contributed by atoms with Crippen LogP contribution in [0.25, 0.3) is 0 Å². The lowest BCUT2D eigenvalue weighted by molar-refractivity contribution is 1.09. The van der Waals surface area contributed by atoms with E-state index in [1.165, 1.54) is 21.6 Å². The molecule has 0 aliphatic rings. The Morgan fingerprint density at radius 1 is 1.00 bits per heavy atom. The Morgan fingerprint density at radius 2 is 1.30 bits per heavy atom. The van der Waals surface area contributed by atoms with Crippen molar-refractivity contribution in [1.82, 2.24) is 0 Å². The maximum Gasteiger partial charge on any atom is 0.0875 e. The smallest absolute Gasteiger partial charge is 0.0875 e. The first-order valence-electron chi connectivity index (χ1n) is 2.94. The average Bonchev–Trinajstić information content (AvgIpc) is 1.99. The van der Waals surface area contributed by atoms with Crippen LogP contribution >= 0.6 is 21.6 Å². The van der Waals surface area contributed by atoms with Gasteiger partial charge in [-0.1, -0.05) is 21.6 Å². The van der Waals surface area contributed by atoms with E-state index in [-0.39, 0.29) is 10.3 Å². The maximum atomic E-state index is 5.50. The molecule has 0 aliphatic carbocycles. The normalized spacial score (nSPS) is 16.6. The van der Waals surface area contributed by atoms with Crippen LogP contribution in [0, 0.1) is 0 Å². The number of hydrogen-bond acceptors (Lipinski definition) is 4. The maximum absolute atomic E-state index is 5.50. The summed E-state index contributed by atoms with van der Waals surface area (Å²) < 4.78 is 0. The van der Waals surface area contributed by atoms with Gasteiger partial charge in [-0.3, -0.25) is 0 Å². The number of nitrogens with two attached hydrogens (primary N) is 2. The Balaban J connectivity index is 3.17. The zero-order valence-corrected chi connectivity index (χ0v) is 7.33. The lowest BCUT2D eigenvalue weighted by atomic mass is 10.1. The molecule has 0 bridgehead atoms. The van der Waals surface area contributed by atoms with E-state index in [1.807, 2.05) is 0 Å². The lowest BCUT2D eigenvalue weighted by Crippen LogP contribution is -2.19. The van der Waals surface area contributed by atoms with Crippen molar-refractivity contribution in [3.05, 3.63) is 0 Å². The summed E-state index contributed by atoms with van der Waals surface area (Å²) in [6.45, 7) is 0.934. The van der Waals surface area contributed by atoms with Crippen molar-refractivity contribution in [1.29, 1.82) is 0 Å². The van der Waals surface area contributed by atoms with E-state index in [9.17, 15) is 0 Å². The molecule has 4 N–H and O–H groups in total. The van der Waals surface area contributed by atoms with Crippen molar-refractivity contribution in [2.45, 2.75) is 10.3 Å². The van der Waals surface area contributed by atoms with Gasteiger partial charge in [-0.25, -0.2) is 0 Å². The van der Waals surface area contributed by atoms with Gasteiger partial charge in [0, 0.05) is 0 Å². The molecule has 54 valence electrons. The predicted molar refractivity (Wildman–Crippen MR) is 52.4 cm³/mol. The molecule has 0 aromatic heterocycles. The summed E-state index contributed by atoms with van der Waals surface area (Å²) >= 11 is 0. The van der Waals surface area contributed by atoms with Crippen LogP contribution in [0.1, 0.15) is 0 Å². The van der Waals surface area contributed by atoms with Crippen LogP contribution < -0.4 is 11.5 Å². The first-order valence-corrected chi connectivity index (χ1v) is 5.21. The fraction of sp³-hybridized carbons (Fsp3) is 1.00. The van der Waals surface area contributed by atoms with Crippen LogP contribution in [0.15, 0.2) is 0 Å². The topological polar surface area (TPSA) is 52.0 Å². The van der Waals surface area contributed by atoms with Gasteiger partial charge in [-0.2, -0.15) is 0 Å². The van der Waals surface area contributed by atoms with Gasteiger partial charge < -0.3 is 11.5 Å². The van der Waals surface area contributed by atoms with Gasteiger partial charge in [0.15, 0.2) is 0 Å². The van der Waals surface area contributed by atoms with E-state index in [0.717, 1.165) is 0 Å². The van der Waals surface area contributed by atoms with Crippen LogP contribution in [0.3, 0.4) is 0 Å². The third kappa shape index (κ3) is 5.53. The quantitative estimate of drug-likeness (QED) is 0.424. The third-order valence-corrected chi connectivity index (χ3v) is 3.57. The molecular formula is C4H10B2N2S2. The van der Waals surface area contributed by atoms with Gasteiger partial charge in [-0.15, -0.1) is 0 Å². The molecule has 4 radical (unpaired) electrons. The van der Waals surface area contributed by atoms with Crippen LogP contribution in [0.2, 0.25) is 0 Å². The highest BCUT2D eigenvalue weighted by Gasteiger charge is 2.03. The molecule has 0 amide bonds. The van der Waals surface area contributed by atoms with Crippen molar-refractivity contribution >= 4 is 37.3 Å².